The van der Waals surface area contributed by atoms with Crippen molar-refractivity contribution in [2.45, 2.75) is 6.92 Å². The molecule has 0 aliphatic heterocycles. The van der Waals surface area contributed by atoms with Crippen LogP contribution in [-0.4, -0.2) is 15.2 Å². The molecule has 2 rings (SSSR count). The van der Waals surface area contributed by atoms with Crippen molar-refractivity contribution in [2.75, 3.05) is 5.73 Å². The van der Waals surface area contributed by atoms with Gasteiger partial charge in [0.2, 0.25) is 0 Å². The summed E-state index contributed by atoms with van der Waals surface area (Å²) in [4.78, 5) is 4.07. The summed E-state index contributed by atoms with van der Waals surface area (Å²) >= 11 is 3.39. The van der Waals surface area contributed by atoms with Crippen molar-refractivity contribution in [3.05, 3.63) is 34.6 Å². The fraction of sp³-hybridized carbons (Fsp3) is 0.100. The minimum Gasteiger partial charge on any atom is -0.382 e. The zero-order valence-corrected chi connectivity index (χ0v) is 9.69. The zero-order chi connectivity index (χ0) is 10.8. The minimum atomic E-state index is 0.403. The summed E-state index contributed by atoms with van der Waals surface area (Å²) < 4.78 is 0.974. The van der Waals surface area contributed by atoms with Crippen LogP contribution in [-0.2, 0) is 0 Å². The smallest absolute Gasteiger partial charge is 0.154 e. The summed E-state index contributed by atoms with van der Waals surface area (Å²) in [6.45, 7) is 1.76. The summed E-state index contributed by atoms with van der Waals surface area (Å²) in [5.74, 6) is 0.979. The number of nitrogens with two attached hydrogens (primary N) is 1. The van der Waals surface area contributed by atoms with Gasteiger partial charge in [-0.15, -0.1) is 10.2 Å². The highest BCUT2D eigenvalue weighted by Gasteiger charge is 2.06. The van der Waals surface area contributed by atoms with Crippen molar-refractivity contribution in [2.24, 2.45) is 0 Å². The molecule has 0 radical (unpaired) electrons. The molecule has 15 heavy (non-hydrogen) atoms. The molecule has 0 unspecified atom stereocenters. The Morgan fingerprint density at radius 2 is 2.07 bits per heavy atom. The van der Waals surface area contributed by atoms with Gasteiger partial charge in [0.1, 0.15) is 11.5 Å². The van der Waals surface area contributed by atoms with E-state index in [1.165, 1.54) is 0 Å². The quantitative estimate of drug-likeness (QED) is 0.858. The number of nitrogen functional groups attached to an aromatic ring is 1. The van der Waals surface area contributed by atoms with Gasteiger partial charge in [-0.05, 0) is 19.1 Å². The molecular weight excluding hydrogens is 256 g/mol. The number of anilines is 1. The van der Waals surface area contributed by atoms with E-state index in [-0.39, 0.29) is 0 Å². The SMILES string of the molecule is Cc1nnc(-c2cccc(Br)c2)c(N)n1. The van der Waals surface area contributed by atoms with Crippen LogP contribution in [0.1, 0.15) is 5.82 Å². The lowest BCUT2D eigenvalue weighted by Crippen LogP contribution is -2.01. The van der Waals surface area contributed by atoms with Crippen molar-refractivity contribution < 1.29 is 0 Å². The van der Waals surface area contributed by atoms with Gasteiger partial charge in [0.05, 0.1) is 0 Å². The van der Waals surface area contributed by atoms with E-state index in [0.29, 0.717) is 17.3 Å². The molecule has 0 atom stereocenters. The van der Waals surface area contributed by atoms with Crippen LogP contribution < -0.4 is 5.73 Å². The third-order valence-electron chi connectivity index (χ3n) is 1.92. The van der Waals surface area contributed by atoms with Gasteiger partial charge in [-0.3, -0.25) is 0 Å². The fourth-order valence-electron chi connectivity index (χ4n) is 1.26. The number of benzene rings is 1. The van der Waals surface area contributed by atoms with Crippen LogP contribution in [0.4, 0.5) is 5.82 Å². The van der Waals surface area contributed by atoms with Crippen LogP contribution in [0.5, 0.6) is 0 Å². The highest BCUT2D eigenvalue weighted by atomic mass is 79.9. The molecule has 0 aliphatic carbocycles. The van der Waals surface area contributed by atoms with E-state index in [0.717, 1.165) is 10.0 Å². The summed E-state index contributed by atoms with van der Waals surface area (Å²) in [5.41, 5.74) is 7.29. The van der Waals surface area contributed by atoms with E-state index in [2.05, 4.69) is 31.1 Å². The van der Waals surface area contributed by atoms with E-state index in [9.17, 15) is 0 Å². The Morgan fingerprint density at radius 1 is 1.27 bits per heavy atom. The van der Waals surface area contributed by atoms with Crippen molar-refractivity contribution >= 4 is 21.7 Å². The molecule has 1 heterocycles. The van der Waals surface area contributed by atoms with E-state index in [4.69, 9.17) is 5.73 Å². The standard InChI is InChI=1S/C10H9BrN4/c1-6-13-10(12)9(15-14-6)7-3-2-4-8(11)5-7/h2-5H,1H3,(H2,12,13,14). The van der Waals surface area contributed by atoms with Crippen LogP contribution in [0.3, 0.4) is 0 Å². The van der Waals surface area contributed by atoms with E-state index >= 15 is 0 Å². The van der Waals surface area contributed by atoms with Gasteiger partial charge >= 0.3 is 0 Å². The molecule has 0 fully saturated rings. The van der Waals surface area contributed by atoms with E-state index in [1.54, 1.807) is 6.92 Å². The molecule has 5 heteroatoms. The van der Waals surface area contributed by atoms with Gasteiger partial charge in [0.15, 0.2) is 5.82 Å². The predicted octanol–water partition coefficient (Wildman–Crippen LogP) is 2.19. The maximum absolute atomic E-state index is 5.77. The summed E-state index contributed by atoms with van der Waals surface area (Å²) in [6, 6.07) is 7.70. The first-order valence-corrected chi connectivity index (χ1v) is 5.19. The number of rotatable bonds is 1. The second kappa shape index (κ2) is 3.94. The largest absolute Gasteiger partial charge is 0.382 e. The maximum atomic E-state index is 5.77. The molecule has 0 amide bonds. The van der Waals surface area contributed by atoms with Crippen molar-refractivity contribution in [3.8, 4) is 11.3 Å². The highest BCUT2D eigenvalue weighted by molar-refractivity contribution is 9.10. The number of aromatic nitrogens is 3. The monoisotopic (exact) mass is 264 g/mol. The lowest BCUT2D eigenvalue weighted by atomic mass is 10.1. The van der Waals surface area contributed by atoms with Crippen molar-refractivity contribution in [1.82, 2.24) is 15.2 Å². The van der Waals surface area contributed by atoms with Crippen LogP contribution in [0.15, 0.2) is 28.7 Å². The average molecular weight is 265 g/mol. The normalized spacial score (nSPS) is 10.3. The first-order valence-electron chi connectivity index (χ1n) is 4.39. The number of nitrogens with zero attached hydrogens (tertiary/aromatic N) is 3. The minimum absolute atomic E-state index is 0.403. The van der Waals surface area contributed by atoms with Crippen LogP contribution in [0.2, 0.25) is 0 Å². The molecule has 1 aromatic heterocycles. The van der Waals surface area contributed by atoms with Gasteiger partial charge in [-0.2, -0.15) is 0 Å². The number of aryl methyl sites for hydroxylation is 1. The molecule has 4 nitrogen and oxygen atoms in total. The Balaban J connectivity index is 2.54. The Bertz CT molecular complexity index is 499. The Morgan fingerprint density at radius 3 is 2.73 bits per heavy atom. The highest BCUT2D eigenvalue weighted by Crippen LogP contribution is 2.23. The molecule has 0 bridgehead atoms. The Hall–Kier alpha value is -1.49. The number of hydrogen-bond acceptors (Lipinski definition) is 4. The predicted molar refractivity (Wildman–Crippen MR) is 62.1 cm³/mol. The van der Waals surface area contributed by atoms with Gasteiger partial charge < -0.3 is 5.73 Å². The second-order valence-electron chi connectivity index (χ2n) is 3.10. The lowest BCUT2D eigenvalue weighted by molar-refractivity contribution is 0.920. The molecule has 1 aromatic carbocycles. The third kappa shape index (κ3) is 2.12. The molecule has 0 saturated carbocycles. The van der Waals surface area contributed by atoms with Gasteiger partial charge in [0, 0.05) is 10.0 Å². The third-order valence-corrected chi connectivity index (χ3v) is 2.41. The van der Waals surface area contributed by atoms with Crippen LogP contribution in [0.25, 0.3) is 11.3 Å². The molecular formula is C10H9BrN4. The lowest BCUT2D eigenvalue weighted by Gasteiger charge is -2.03. The van der Waals surface area contributed by atoms with E-state index in [1.807, 2.05) is 24.3 Å². The summed E-state index contributed by atoms with van der Waals surface area (Å²) in [7, 11) is 0. The van der Waals surface area contributed by atoms with Gasteiger partial charge in [0.25, 0.3) is 0 Å². The first kappa shape index (κ1) is 10.0. The number of halogens is 1. The molecule has 2 aromatic rings. The average Bonchev–Trinajstić information content (AvgIpc) is 2.17. The van der Waals surface area contributed by atoms with Crippen molar-refractivity contribution in [1.29, 1.82) is 0 Å². The Labute approximate surface area is 95.7 Å². The second-order valence-corrected chi connectivity index (χ2v) is 4.02. The van der Waals surface area contributed by atoms with Crippen LogP contribution >= 0.6 is 15.9 Å². The van der Waals surface area contributed by atoms with Gasteiger partial charge in [-0.25, -0.2) is 4.98 Å². The number of hydrogen-bond donors (Lipinski definition) is 1. The summed E-state index contributed by atoms with van der Waals surface area (Å²) in [6.07, 6.45) is 0. The molecule has 76 valence electrons. The molecule has 0 aliphatic rings. The van der Waals surface area contributed by atoms with Crippen molar-refractivity contribution in [3.63, 3.8) is 0 Å². The van der Waals surface area contributed by atoms with Crippen LogP contribution in [0, 0.1) is 6.92 Å². The topological polar surface area (TPSA) is 64.7 Å². The van der Waals surface area contributed by atoms with E-state index < -0.39 is 0 Å². The maximum Gasteiger partial charge on any atom is 0.154 e. The molecule has 0 saturated heterocycles. The van der Waals surface area contributed by atoms with Gasteiger partial charge in [-0.1, -0.05) is 28.1 Å². The summed E-state index contributed by atoms with van der Waals surface area (Å²) in [5, 5.41) is 7.92. The molecule has 2 N–H and O–H groups in total. The molecule has 0 spiro atoms. The zero-order valence-electron chi connectivity index (χ0n) is 8.11. The fourth-order valence-corrected chi connectivity index (χ4v) is 1.66. The first-order chi connectivity index (χ1) is 7.16. The Kier molecular flexibility index (Phi) is 2.64.